The number of likely N-dealkylation sites (tertiary alicyclic amines) is 1. The lowest BCUT2D eigenvalue weighted by Crippen LogP contribution is -2.57. The molecule has 1 aliphatic carbocycles. The fraction of sp³-hybridized carbons (Fsp3) is 0.867. The number of amides is 2. The van der Waals surface area contributed by atoms with E-state index in [1.807, 2.05) is 14.0 Å². The molecule has 5 nitrogen and oxygen atoms in total. The maximum Gasteiger partial charge on any atom is 0.326 e. The van der Waals surface area contributed by atoms with Crippen molar-refractivity contribution in [2.24, 2.45) is 5.92 Å². The first-order valence-electron chi connectivity index (χ1n) is 7.78. The normalized spacial score (nSPS) is 28.2. The van der Waals surface area contributed by atoms with Crippen molar-refractivity contribution in [1.29, 1.82) is 0 Å². The smallest absolute Gasteiger partial charge is 0.326 e. The fourth-order valence-corrected chi connectivity index (χ4v) is 3.61. The van der Waals surface area contributed by atoms with Gasteiger partial charge in [-0.1, -0.05) is 26.2 Å². The van der Waals surface area contributed by atoms with Crippen LogP contribution in [0.25, 0.3) is 0 Å². The van der Waals surface area contributed by atoms with Gasteiger partial charge in [-0.15, -0.1) is 0 Å². The zero-order chi connectivity index (χ0) is 14.7. The first kappa shape index (κ1) is 15.1. The van der Waals surface area contributed by atoms with Gasteiger partial charge in [0.2, 0.25) is 0 Å². The van der Waals surface area contributed by atoms with E-state index >= 15 is 0 Å². The van der Waals surface area contributed by atoms with E-state index in [4.69, 9.17) is 0 Å². The van der Waals surface area contributed by atoms with Crippen molar-refractivity contribution >= 4 is 12.0 Å². The molecular formula is C15H26N2O3. The molecule has 0 bridgehead atoms. The minimum absolute atomic E-state index is 0.0324. The van der Waals surface area contributed by atoms with E-state index in [0.717, 1.165) is 25.7 Å². The number of carboxylic acids is 1. The molecule has 20 heavy (non-hydrogen) atoms. The Kier molecular flexibility index (Phi) is 4.89. The summed E-state index contributed by atoms with van der Waals surface area (Å²) in [5.41, 5.74) is 0. The Hall–Kier alpha value is -1.26. The van der Waals surface area contributed by atoms with Crippen LogP contribution in [-0.2, 0) is 4.79 Å². The van der Waals surface area contributed by atoms with Crippen LogP contribution in [0.5, 0.6) is 0 Å². The number of carbonyl (C=O) groups excluding carboxylic acids is 1. The molecule has 1 heterocycles. The van der Waals surface area contributed by atoms with Gasteiger partial charge in [-0.05, 0) is 31.6 Å². The largest absolute Gasteiger partial charge is 0.480 e. The number of carbonyl (C=O) groups is 2. The van der Waals surface area contributed by atoms with Gasteiger partial charge >= 0.3 is 12.0 Å². The van der Waals surface area contributed by atoms with Crippen LogP contribution >= 0.6 is 0 Å². The highest BCUT2D eigenvalue weighted by atomic mass is 16.4. The fourth-order valence-electron chi connectivity index (χ4n) is 3.61. The summed E-state index contributed by atoms with van der Waals surface area (Å²) in [6, 6.07) is -0.485. The molecule has 0 radical (unpaired) electrons. The SMILES string of the molecule is CC1CCCN(C(=O)N(C)C2CCCCC2)C1C(=O)O. The van der Waals surface area contributed by atoms with Crippen LogP contribution in [-0.4, -0.2) is 52.6 Å². The standard InChI is InChI=1S/C15H26N2O3/c1-11-7-6-10-17(13(11)14(18)19)15(20)16(2)12-8-4-3-5-9-12/h11-13H,3-10H2,1-2H3,(H,18,19). The molecule has 2 rings (SSSR count). The molecule has 0 spiro atoms. The molecule has 2 amide bonds. The lowest BCUT2D eigenvalue weighted by Gasteiger charge is -2.41. The van der Waals surface area contributed by atoms with E-state index in [9.17, 15) is 14.7 Å². The summed E-state index contributed by atoms with van der Waals surface area (Å²) in [5.74, 6) is -0.840. The number of nitrogens with zero attached hydrogens (tertiary/aromatic N) is 2. The zero-order valence-corrected chi connectivity index (χ0v) is 12.5. The second kappa shape index (κ2) is 6.46. The molecule has 114 valence electrons. The minimum Gasteiger partial charge on any atom is -0.480 e. The highest BCUT2D eigenvalue weighted by Gasteiger charge is 2.39. The van der Waals surface area contributed by atoms with Gasteiger partial charge in [0.25, 0.3) is 0 Å². The van der Waals surface area contributed by atoms with Gasteiger partial charge in [-0.2, -0.15) is 0 Å². The summed E-state index contributed by atoms with van der Waals surface area (Å²) in [5, 5.41) is 9.41. The van der Waals surface area contributed by atoms with Crippen molar-refractivity contribution in [2.45, 2.75) is 64.0 Å². The van der Waals surface area contributed by atoms with Crippen LogP contribution in [0.1, 0.15) is 51.9 Å². The van der Waals surface area contributed by atoms with Gasteiger partial charge in [0.15, 0.2) is 0 Å². The molecule has 2 fully saturated rings. The summed E-state index contributed by atoms with van der Waals surface area (Å²) < 4.78 is 0. The predicted molar refractivity (Wildman–Crippen MR) is 76.6 cm³/mol. The first-order valence-corrected chi connectivity index (χ1v) is 7.78. The molecule has 0 aromatic carbocycles. The van der Waals surface area contributed by atoms with E-state index < -0.39 is 12.0 Å². The van der Waals surface area contributed by atoms with Gasteiger partial charge in [0, 0.05) is 19.6 Å². The summed E-state index contributed by atoms with van der Waals surface area (Å²) in [4.78, 5) is 27.5. The maximum atomic E-state index is 12.6. The highest BCUT2D eigenvalue weighted by Crippen LogP contribution is 2.27. The number of hydrogen-bond donors (Lipinski definition) is 1. The Morgan fingerprint density at radius 2 is 1.75 bits per heavy atom. The molecule has 2 unspecified atom stereocenters. The van der Waals surface area contributed by atoms with E-state index in [1.54, 1.807) is 9.80 Å². The molecule has 0 aromatic rings. The molecule has 1 aliphatic heterocycles. The van der Waals surface area contributed by atoms with Gasteiger partial charge < -0.3 is 14.9 Å². The number of urea groups is 1. The van der Waals surface area contributed by atoms with E-state index in [0.29, 0.717) is 6.54 Å². The quantitative estimate of drug-likeness (QED) is 0.846. The summed E-state index contributed by atoms with van der Waals surface area (Å²) in [6.45, 7) is 2.50. The lowest BCUT2D eigenvalue weighted by atomic mass is 9.90. The van der Waals surface area contributed by atoms with Crippen molar-refractivity contribution < 1.29 is 14.7 Å². The van der Waals surface area contributed by atoms with Gasteiger partial charge in [0.1, 0.15) is 6.04 Å². The monoisotopic (exact) mass is 282 g/mol. The van der Waals surface area contributed by atoms with Crippen LogP contribution in [0.4, 0.5) is 4.79 Å². The van der Waals surface area contributed by atoms with Crippen LogP contribution in [0.15, 0.2) is 0 Å². The molecule has 2 aliphatic rings. The van der Waals surface area contributed by atoms with E-state index in [1.165, 1.54) is 19.3 Å². The minimum atomic E-state index is -0.873. The number of carboxylic acid groups (broad SMARTS) is 1. The number of hydrogen-bond acceptors (Lipinski definition) is 2. The summed E-state index contributed by atoms with van der Waals surface area (Å²) in [7, 11) is 1.83. The van der Waals surface area contributed by atoms with Crippen LogP contribution in [0.3, 0.4) is 0 Å². The second-order valence-corrected chi connectivity index (χ2v) is 6.28. The molecule has 2 atom stereocenters. The van der Waals surface area contributed by atoms with Gasteiger partial charge in [0.05, 0.1) is 0 Å². The summed E-state index contributed by atoms with van der Waals surface area (Å²) in [6.07, 6.45) is 7.45. The maximum absolute atomic E-state index is 12.6. The van der Waals surface area contributed by atoms with E-state index in [-0.39, 0.29) is 18.0 Å². The Morgan fingerprint density at radius 1 is 1.10 bits per heavy atom. The molecule has 1 saturated carbocycles. The van der Waals surface area contributed by atoms with Crippen LogP contribution < -0.4 is 0 Å². The van der Waals surface area contributed by atoms with Crippen LogP contribution in [0.2, 0.25) is 0 Å². The molecule has 1 saturated heterocycles. The van der Waals surface area contributed by atoms with E-state index in [2.05, 4.69) is 0 Å². The zero-order valence-electron chi connectivity index (χ0n) is 12.5. The van der Waals surface area contributed by atoms with Crippen molar-refractivity contribution in [2.75, 3.05) is 13.6 Å². The lowest BCUT2D eigenvalue weighted by molar-refractivity contribution is -0.145. The van der Waals surface area contributed by atoms with Crippen molar-refractivity contribution in [1.82, 2.24) is 9.80 Å². The predicted octanol–water partition coefficient (Wildman–Crippen LogP) is 2.56. The average molecular weight is 282 g/mol. The van der Waals surface area contributed by atoms with Crippen LogP contribution in [0, 0.1) is 5.92 Å². The Bertz CT molecular complexity index is 366. The molecule has 0 aromatic heterocycles. The first-order chi connectivity index (χ1) is 9.52. The van der Waals surface area contributed by atoms with Crippen molar-refractivity contribution in [3.63, 3.8) is 0 Å². The van der Waals surface area contributed by atoms with Gasteiger partial charge in [-0.25, -0.2) is 9.59 Å². The Labute approximate surface area is 120 Å². The molecular weight excluding hydrogens is 256 g/mol. The average Bonchev–Trinajstić information content (AvgIpc) is 2.46. The number of aliphatic carboxylic acids is 1. The number of piperidine rings is 1. The topological polar surface area (TPSA) is 60.9 Å². The van der Waals surface area contributed by atoms with Crippen molar-refractivity contribution in [3.05, 3.63) is 0 Å². The third kappa shape index (κ3) is 3.07. The van der Waals surface area contributed by atoms with Crippen molar-refractivity contribution in [3.8, 4) is 0 Å². The second-order valence-electron chi connectivity index (χ2n) is 6.28. The number of rotatable bonds is 2. The Morgan fingerprint density at radius 3 is 2.35 bits per heavy atom. The molecule has 5 heteroatoms. The third-order valence-electron chi connectivity index (χ3n) is 4.86. The third-order valence-corrected chi connectivity index (χ3v) is 4.86. The Balaban J connectivity index is 2.07. The van der Waals surface area contributed by atoms with Gasteiger partial charge in [-0.3, -0.25) is 0 Å². The highest BCUT2D eigenvalue weighted by molar-refractivity contribution is 5.83. The molecule has 1 N–H and O–H groups in total. The summed E-state index contributed by atoms with van der Waals surface area (Å²) >= 11 is 0.